The average molecular weight is 290 g/mol. The highest BCUT2D eigenvalue weighted by atomic mass is 16.4. The third kappa shape index (κ3) is 2.01. The van der Waals surface area contributed by atoms with Crippen molar-refractivity contribution in [1.82, 2.24) is 9.80 Å². The molecule has 1 amide bonds. The maximum absolute atomic E-state index is 12.9. The van der Waals surface area contributed by atoms with Gasteiger partial charge in [-0.15, -0.1) is 0 Å². The lowest BCUT2D eigenvalue weighted by atomic mass is 9.82. The van der Waals surface area contributed by atoms with Crippen LogP contribution in [-0.4, -0.2) is 59.0 Å². The van der Waals surface area contributed by atoms with Crippen LogP contribution in [0, 0.1) is 23.7 Å². The number of aliphatic carboxylic acids is 1. The minimum atomic E-state index is -0.801. The van der Waals surface area contributed by atoms with Gasteiger partial charge in [0.15, 0.2) is 0 Å². The van der Waals surface area contributed by atoms with Crippen molar-refractivity contribution in [3.63, 3.8) is 0 Å². The van der Waals surface area contributed by atoms with Gasteiger partial charge in [0.2, 0.25) is 5.91 Å². The highest BCUT2D eigenvalue weighted by molar-refractivity contribution is 5.87. The molecule has 2 bridgehead atoms. The van der Waals surface area contributed by atoms with Gasteiger partial charge in [0, 0.05) is 25.7 Å². The van der Waals surface area contributed by atoms with E-state index in [0.717, 1.165) is 32.6 Å². The second-order valence-corrected chi connectivity index (χ2v) is 6.95. The number of rotatable bonds is 2. The Morgan fingerprint density at radius 3 is 2.57 bits per heavy atom. The molecule has 0 aromatic heterocycles. The van der Waals surface area contributed by atoms with Gasteiger partial charge >= 0.3 is 5.97 Å². The summed E-state index contributed by atoms with van der Waals surface area (Å²) in [6, 6.07) is 0.500. The Hall–Kier alpha value is -1.36. The molecule has 4 aliphatic rings. The highest BCUT2D eigenvalue weighted by Gasteiger charge is 2.53. The van der Waals surface area contributed by atoms with Crippen molar-refractivity contribution in [2.24, 2.45) is 23.7 Å². The fraction of sp³-hybridized carbons (Fsp3) is 0.750. The first-order valence-electron chi connectivity index (χ1n) is 8.09. The molecular formula is C16H22N2O3. The minimum absolute atomic E-state index is 0.0641. The summed E-state index contributed by atoms with van der Waals surface area (Å²) in [5, 5.41) is 9.49. The predicted molar refractivity (Wildman–Crippen MR) is 76.5 cm³/mol. The van der Waals surface area contributed by atoms with E-state index in [4.69, 9.17) is 0 Å². The number of piperazine rings is 1. The van der Waals surface area contributed by atoms with Gasteiger partial charge < -0.3 is 10.0 Å². The van der Waals surface area contributed by atoms with Crippen LogP contribution in [0.3, 0.4) is 0 Å². The van der Waals surface area contributed by atoms with E-state index in [9.17, 15) is 14.7 Å². The molecule has 2 saturated heterocycles. The van der Waals surface area contributed by atoms with E-state index in [-0.39, 0.29) is 23.7 Å². The van der Waals surface area contributed by atoms with E-state index in [1.165, 1.54) is 12.8 Å². The van der Waals surface area contributed by atoms with E-state index in [1.54, 1.807) is 0 Å². The first-order chi connectivity index (χ1) is 10.1. The van der Waals surface area contributed by atoms with Crippen LogP contribution < -0.4 is 0 Å². The number of fused-ring (bicyclic) bond motifs is 3. The van der Waals surface area contributed by atoms with Crippen molar-refractivity contribution in [3.05, 3.63) is 12.2 Å². The van der Waals surface area contributed by atoms with Crippen molar-refractivity contribution in [3.8, 4) is 0 Å². The summed E-state index contributed by atoms with van der Waals surface area (Å²) >= 11 is 0. The fourth-order valence-electron chi connectivity index (χ4n) is 4.90. The molecule has 0 aromatic carbocycles. The van der Waals surface area contributed by atoms with Gasteiger partial charge in [0.05, 0.1) is 11.8 Å². The Bertz CT molecular complexity index is 504. The van der Waals surface area contributed by atoms with Gasteiger partial charge in [0.25, 0.3) is 0 Å². The number of carbonyl (C=O) groups is 2. The zero-order valence-electron chi connectivity index (χ0n) is 12.1. The van der Waals surface area contributed by atoms with Crippen LogP contribution in [0.2, 0.25) is 0 Å². The largest absolute Gasteiger partial charge is 0.481 e. The molecular weight excluding hydrogens is 268 g/mol. The molecule has 5 heteroatoms. The minimum Gasteiger partial charge on any atom is -0.481 e. The highest BCUT2D eigenvalue weighted by Crippen LogP contribution is 2.49. The Kier molecular flexibility index (Phi) is 3.06. The summed E-state index contributed by atoms with van der Waals surface area (Å²) in [6.07, 6.45) is 7.31. The zero-order valence-corrected chi connectivity index (χ0v) is 12.1. The van der Waals surface area contributed by atoms with E-state index >= 15 is 0 Å². The number of allylic oxidation sites excluding steroid dienone is 2. The molecule has 3 unspecified atom stereocenters. The van der Waals surface area contributed by atoms with Crippen molar-refractivity contribution >= 4 is 11.9 Å². The molecule has 0 spiro atoms. The maximum Gasteiger partial charge on any atom is 0.307 e. The third-order valence-electron chi connectivity index (χ3n) is 5.93. The lowest BCUT2D eigenvalue weighted by molar-refractivity contribution is -0.152. The van der Waals surface area contributed by atoms with Gasteiger partial charge in [-0.2, -0.15) is 0 Å². The van der Waals surface area contributed by atoms with Crippen molar-refractivity contribution in [2.45, 2.75) is 25.3 Å². The van der Waals surface area contributed by atoms with Crippen LogP contribution in [0.5, 0.6) is 0 Å². The molecule has 4 rings (SSSR count). The zero-order chi connectivity index (χ0) is 14.6. The van der Waals surface area contributed by atoms with Crippen LogP contribution in [0.15, 0.2) is 12.2 Å². The maximum atomic E-state index is 12.9. The summed E-state index contributed by atoms with van der Waals surface area (Å²) < 4.78 is 0. The Labute approximate surface area is 124 Å². The van der Waals surface area contributed by atoms with Gasteiger partial charge in [-0.1, -0.05) is 12.2 Å². The van der Waals surface area contributed by atoms with Crippen LogP contribution in [0.4, 0.5) is 0 Å². The van der Waals surface area contributed by atoms with Crippen molar-refractivity contribution < 1.29 is 14.7 Å². The lowest BCUT2D eigenvalue weighted by Crippen LogP contribution is -2.54. The SMILES string of the molecule is O=C(O)[C@@H]1C2C=CC(C2)[C@@H]1C(=O)N1CCN2CCCC2C1. The summed E-state index contributed by atoms with van der Waals surface area (Å²) in [5.41, 5.74) is 0. The molecule has 114 valence electrons. The molecule has 1 N–H and O–H groups in total. The molecule has 1 saturated carbocycles. The normalized spacial score (nSPS) is 41.5. The fourth-order valence-corrected chi connectivity index (χ4v) is 4.90. The number of carboxylic acids is 1. The smallest absolute Gasteiger partial charge is 0.307 e. The Morgan fingerprint density at radius 1 is 1.05 bits per heavy atom. The Morgan fingerprint density at radius 2 is 1.81 bits per heavy atom. The van der Waals surface area contributed by atoms with Crippen molar-refractivity contribution in [2.75, 3.05) is 26.2 Å². The number of carboxylic acid groups (broad SMARTS) is 1. The first-order valence-corrected chi connectivity index (χ1v) is 8.09. The average Bonchev–Trinajstić information content (AvgIpc) is 3.19. The summed E-state index contributed by atoms with van der Waals surface area (Å²) in [5.74, 6) is -1.34. The Balaban J connectivity index is 1.52. The monoisotopic (exact) mass is 290 g/mol. The number of hydrogen-bond donors (Lipinski definition) is 1. The molecule has 2 aliphatic carbocycles. The predicted octanol–water partition coefficient (Wildman–Crippen LogP) is 0.816. The number of hydrogen-bond acceptors (Lipinski definition) is 3. The van der Waals surface area contributed by atoms with Crippen LogP contribution >= 0.6 is 0 Å². The molecule has 5 atom stereocenters. The van der Waals surface area contributed by atoms with E-state index in [0.29, 0.717) is 6.04 Å². The molecule has 0 radical (unpaired) electrons. The van der Waals surface area contributed by atoms with Crippen LogP contribution in [0.1, 0.15) is 19.3 Å². The standard InChI is InChI=1S/C16H22N2O3/c19-15(18-7-6-17-5-1-2-12(17)9-18)13-10-3-4-11(8-10)14(13)16(20)21/h3-4,10-14H,1-2,5-9H2,(H,20,21)/t10?,11?,12?,13-,14+/m0/s1. The third-order valence-corrected chi connectivity index (χ3v) is 5.93. The number of amides is 1. The van der Waals surface area contributed by atoms with E-state index < -0.39 is 11.9 Å². The van der Waals surface area contributed by atoms with Gasteiger partial charge in [-0.25, -0.2) is 0 Å². The second-order valence-electron chi connectivity index (χ2n) is 6.95. The second kappa shape index (κ2) is 4.83. The topological polar surface area (TPSA) is 60.9 Å². The molecule has 2 heterocycles. The van der Waals surface area contributed by atoms with Crippen LogP contribution in [-0.2, 0) is 9.59 Å². The quantitative estimate of drug-likeness (QED) is 0.765. The molecule has 2 aliphatic heterocycles. The number of carbonyl (C=O) groups excluding carboxylic acids is 1. The summed E-state index contributed by atoms with van der Waals surface area (Å²) in [4.78, 5) is 28.9. The van der Waals surface area contributed by atoms with Gasteiger partial charge in [-0.05, 0) is 37.6 Å². The summed E-state index contributed by atoms with van der Waals surface area (Å²) in [7, 11) is 0. The molecule has 0 aromatic rings. The number of nitrogens with zero attached hydrogens (tertiary/aromatic N) is 2. The molecule has 5 nitrogen and oxygen atoms in total. The van der Waals surface area contributed by atoms with Crippen LogP contribution in [0.25, 0.3) is 0 Å². The summed E-state index contributed by atoms with van der Waals surface area (Å²) in [6.45, 7) is 3.66. The van der Waals surface area contributed by atoms with Crippen molar-refractivity contribution in [1.29, 1.82) is 0 Å². The van der Waals surface area contributed by atoms with Gasteiger partial charge in [-0.3, -0.25) is 14.5 Å². The first kappa shape index (κ1) is 13.3. The van der Waals surface area contributed by atoms with E-state index in [1.807, 2.05) is 11.0 Å². The van der Waals surface area contributed by atoms with Gasteiger partial charge in [0.1, 0.15) is 0 Å². The molecule has 3 fully saturated rings. The van der Waals surface area contributed by atoms with E-state index in [2.05, 4.69) is 11.0 Å². The molecule has 21 heavy (non-hydrogen) atoms. The lowest BCUT2D eigenvalue weighted by Gasteiger charge is -2.40.